The molecule has 0 aliphatic rings. The number of hydrogen-bond acceptors (Lipinski definition) is 4. The van der Waals surface area contributed by atoms with Crippen LogP contribution in [0.5, 0.6) is 6.01 Å². The predicted octanol–water partition coefficient (Wildman–Crippen LogP) is 1.20. The molecule has 104 valence electrons. The van der Waals surface area contributed by atoms with Gasteiger partial charge in [-0.2, -0.15) is 0 Å². The average molecular weight is 273 g/mol. The highest BCUT2D eigenvalue weighted by Crippen LogP contribution is 2.07. The quantitative estimate of drug-likeness (QED) is 0.908. The Morgan fingerprint density at radius 2 is 2.05 bits per heavy atom. The highest BCUT2D eigenvalue weighted by molar-refractivity contribution is 5.90. The molecule has 0 saturated heterocycles. The number of carbonyl (C=O) groups excluding carboxylic acids is 1. The first-order valence-electron chi connectivity index (χ1n) is 6.07. The van der Waals surface area contributed by atoms with Gasteiger partial charge in [-0.05, 0) is 19.1 Å². The fourth-order valence-corrected chi connectivity index (χ4v) is 1.76. The molecule has 6 nitrogen and oxygen atoms in total. The van der Waals surface area contributed by atoms with Gasteiger partial charge in [0.2, 0.25) is 5.91 Å². The summed E-state index contributed by atoms with van der Waals surface area (Å²) in [6, 6.07) is 10.5. The third-order valence-electron chi connectivity index (χ3n) is 2.64. The van der Waals surface area contributed by atoms with E-state index in [-0.39, 0.29) is 24.0 Å². The first-order chi connectivity index (χ1) is 9.60. The number of aryl methyl sites for hydroxylation is 1. The van der Waals surface area contributed by atoms with Crippen LogP contribution in [0.4, 0.5) is 5.69 Å². The van der Waals surface area contributed by atoms with Crippen molar-refractivity contribution in [2.75, 3.05) is 12.4 Å². The third kappa shape index (κ3) is 3.23. The lowest BCUT2D eigenvalue weighted by Gasteiger charge is -2.11. The molecule has 1 heterocycles. The molecular formula is C14H15N3O3. The Labute approximate surface area is 116 Å². The van der Waals surface area contributed by atoms with Gasteiger partial charge in [0.25, 0.3) is 11.6 Å². The second-order valence-corrected chi connectivity index (χ2v) is 4.22. The highest BCUT2D eigenvalue weighted by atomic mass is 16.5. The number of nitrogens with one attached hydrogen (secondary N) is 1. The lowest BCUT2D eigenvalue weighted by molar-refractivity contribution is -0.116. The SMILES string of the molecule is COc1nc(C)cc(=O)n1CC(=O)Nc1ccccc1. The van der Waals surface area contributed by atoms with E-state index in [9.17, 15) is 9.59 Å². The van der Waals surface area contributed by atoms with E-state index in [4.69, 9.17) is 4.74 Å². The van der Waals surface area contributed by atoms with Crippen LogP contribution in [-0.2, 0) is 11.3 Å². The van der Waals surface area contributed by atoms with E-state index < -0.39 is 0 Å². The zero-order valence-corrected chi connectivity index (χ0v) is 11.3. The zero-order valence-electron chi connectivity index (χ0n) is 11.3. The fourth-order valence-electron chi connectivity index (χ4n) is 1.76. The summed E-state index contributed by atoms with van der Waals surface area (Å²) in [6.45, 7) is 1.54. The summed E-state index contributed by atoms with van der Waals surface area (Å²) in [7, 11) is 1.41. The first kappa shape index (κ1) is 13.8. The maximum Gasteiger partial charge on any atom is 0.299 e. The van der Waals surface area contributed by atoms with Crippen LogP contribution in [-0.4, -0.2) is 22.6 Å². The minimum absolute atomic E-state index is 0.123. The fraction of sp³-hybridized carbons (Fsp3) is 0.214. The summed E-state index contributed by atoms with van der Waals surface area (Å²) in [4.78, 5) is 27.9. The summed E-state index contributed by atoms with van der Waals surface area (Å²) in [5.74, 6) is -0.317. The van der Waals surface area contributed by atoms with Crippen molar-refractivity contribution in [3.05, 3.63) is 52.4 Å². The lowest BCUT2D eigenvalue weighted by atomic mass is 10.3. The minimum Gasteiger partial charge on any atom is -0.468 e. The molecule has 0 fully saturated rings. The van der Waals surface area contributed by atoms with E-state index in [1.807, 2.05) is 18.2 Å². The van der Waals surface area contributed by atoms with E-state index >= 15 is 0 Å². The molecule has 0 atom stereocenters. The Balaban J connectivity index is 2.18. The van der Waals surface area contributed by atoms with Gasteiger partial charge in [0.05, 0.1) is 7.11 Å². The van der Waals surface area contributed by atoms with Gasteiger partial charge in [-0.3, -0.25) is 14.2 Å². The molecular weight excluding hydrogens is 258 g/mol. The Bertz CT molecular complexity index is 665. The number of amides is 1. The van der Waals surface area contributed by atoms with Crippen molar-refractivity contribution in [1.29, 1.82) is 0 Å². The number of nitrogens with zero attached hydrogens (tertiary/aromatic N) is 2. The zero-order chi connectivity index (χ0) is 14.5. The smallest absolute Gasteiger partial charge is 0.299 e. The predicted molar refractivity (Wildman–Crippen MR) is 74.9 cm³/mol. The van der Waals surface area contributed by atoms with Gasteiger partial charge in [-0.15, -0.1) is 0 Å². The summed E-state index contributed by atoms with van der Waals surface area (Å²) in [5, 5.41) is 2.70. The van der Waals surface area contributed by atoms with Gasteiger partial charge >= 0.3 is 0 Å². The molecule has 1 N–H and O–H groups in total. The highest BCUT2D eigenvalue weighted by Gasteiger charge is 2.11. The lowest BCUT2D eigenvalue weighted by Crippen LogP contribution is -2.29. The van der Waals surface area contributed by atoms with Gasteiger partial charge in [0.15, 0.2) is 0 Å². The van der Waals surface area contributed by atoms with Crippen LogP contribution in [0.3, 0.4) is 0 Å². The van der Waals surface area contributed by atoms with E-state index in [2.05, 4.69) is 10.3 Å². The van der Waals surface area contributed by atoms with E-state index in [0.29, 0.717) is 11.4 Å². The molecule has 2 aromatic rings. The second-order valence-electron chi connectivity index (χ2n) is 4.22. The number of aromatic nitrogens is 2. The van der Waals surface area contributed by atoms with Crippen LogP contribution in [0.25, 0.3) is 0 Å². The number of para-hydroxylation sites is 1. The summed E-state index contributed by atoms with van der Waals surface area (Å²) >= 11 is 0. The van der Waals surface area contributed by atoms with Gasteiger partial charge in [-0.1, -0.05) is 18.2 Å². The molecule has 0 aliphatic carbocycles. The largest absolute Gasteiger partial charge is 0.468 e. The molecule has 0 saturated carbocycles. The Morgan fingerprint density at radius 1 is 1.35 bits per heavy atom. The van der Waals surface area contributed by atoms with Gasteiger partial charge in [0, 0.05) is 17.4 Å². The second kappa shape index (κ2) is 6.01. The molecule has 0 unspecified atom stereocenters. The normalized spacial score (nSPS) is 10.1. The van der Waals surface area contributed by atoms with E-state index in [1.165, 1.54) is 17.7 Å². The van der Waals surface area contributed by atoms with Crippen molar-refractivity contribution in [2.24, 2.45) is 0 Å². The molecule has 0 aliphatic heterocycles. The van der Waals surface area contributed by atoms with Crippen LogP contribution in [0, 0.1) is 6.92 Å². The standard InChI is InChI=1S/C14H15N3O3/c1-10-8-13(19)17(14(15-10)20-2)9-12(18)16-11-6-4-3-5-7-11/h3-8H,9H2,1-2H3,(H,16,18). The molecule has 1 aromatic heterocycles. The number of rotatable bonds is 4. The number of methoxy groups -OCH3 is 1. The van der Waals surface area contributed by atoms with E-state index in [0.717, 1.165) is 0 Å². The Hall–Kier alpha value is -2.63. The average Bonchev–Trinajstić information content (AvgIpc) is 2.42. The molecule has 0 spiro atoms. The summed E-state index contributed by atoms with van der Waals surface area (Å²) in [5.41, 5.74) is 0.897. The Kier molecular flexibility index (Phi) is 4.14. The van der Waals surface area contributed by atoms with Gasteiger partial charge < -0.3 is 10.1 Å². The first-order valence-corrected chi connectivity index (χ1v) is 6.07. The Morgan fingerprint density at radius 3 is 2.70 bits per heavy atom. The van der Waals surface area contributed by atoms with Crippen molar-refractivity contribution in [2.45, 2.75) is 13.5 Å². The van der Waals surface area contributed by atoms with Gasteiger partial charge in [0.1, 0.15) is 6.54 Å². The maximum absolute atomic E-state index is 11.9. The van der Waals surface area contributed by atoms with Crippen molar-refractivity contribution in [3.8, 4) is 6.01 Å². The number of carbonyl (C=O) groups is 1. The topological polar surface area (TPSA) is 73.2 Å². The molecule has 1 amide bonds. The number of anilines is 1. The summed E-state index contributed by atoms with van der Waals surface area (Å²) in [6.07, 6.45) is 0. The third-order valence-corrected chi connectivity index (χ3v) is 2.64. The number of hydrogen-bond donors (Lipinski definition) is 1. The van der Waals surface area contributed by atoms with Crippen molar-refractivity contribution >= 4 is 11.6 Å². The van der Waals surface area contributed by atoms with Crippen LogP contribution in [0.2, 0.25) is 0 Å². The van der Waals surface area contributed by atoms with Crippen molar-refractivity contribution in [1.82, 2.24) is 9.55 Å². The van der Waals surface area contributed by atoms with Gasteiger partial charge in [-0.25, -0.2) is 4.98 Å². The van der Waals surface area contributed by atoms with Crippen molar-refractivity contribution in [3.63, 3.8) is 0 Å². The monoisotopic (exact) mass is 273 g/mol. The number of benzene rings is 1. The van der Waals surface area contributed by atoms with E-state index in [1.54, 1.807) is 19.1 Å². The van der Waals surface area contributed by atoms with Crippen LogP contribution >= 0.6 is 0 Å². The van der Waals surface area contributed by atoms with Crippen LogP contribution in [0.15, 0.2) is 41.2 Å². The molecule has 0 radical (unpaired) electrons. The molecule has 20 heavy (non-hydrogen) atoms. The van der Waals surface area contributed by atoms with Crippen molar-refractivity contribution < 1.29 is 9.53 Å². The number of ether oxygens (including phenoxy) is 1. The molecule has 0 bridgehead atoms. The molecule has 6 heteroatoms. The maximum atomic E-state index is 11.9. The van der Waals surface area contributed by atoms with Crippen LogP contribution < -0.4 is 15.6 Å². The molecule has 1 aromatic carbocycles. The molecule has 2 rings (SSSR count). The minimum atomic E-state index is -0.322. The van der Waals surface area contributed by atoms with Crippen LogP contribution in [0.1, 0.15) is 5.69 Å². The summed E-state index contributed by atoms with van der Waals surface area (Å²) < 4.78 is 6.22.